The van der Waals surface area contributed by atoms with Gasteiger partial charge in [0.25, 0.3) is 0 Å². The molecule has 0 saturated heterocycles. The van der Waals surface area contributed by atoms with Crippen LogP contribution in [0.2, 0.25) is 0 Å². The summed E-state index contributed by atoms with van der Waals surface area (Å²) in [4.78, 5) is 8.75. The van der Waals surface area contributed by atoms with Gasteiger partial charge in [-0.25, -0.2) is 9.61 Å². The van der Waals surface area contributed by atoms with Gasteiger partial charge in [-0.05, 0) is 53.0 Å². The molecule has 3 heterocycles. The van der Waals surface area contributed by atoms with E-state index in [1.165, 1.54) is 0 Å². The van der Waals surface area contributed by atoms with E-state index in [9.17, 15) is 0 Å². The van der Waals surface area contributed by atoms with Crippen molar-refractivity contribution < 1.29 is 9.37 Å². The lowest BCUT2D eigenvalue weighted by Crippen LogP contribution is -2.02. The number of pyridine rings is 1. The van der Waals surface area contributed by atoms with Crippen LogP contribution >= 0.6 is 0 Å². The first kappa shape index (κ1) is 17.0. The lowest BCUT2D eigenvalue weighted by molar-refractivity contribution is 0.289. The maximum Gasteiger partial charge on any atom is 0.199 e. The molecule has 0 amide bonds. The lowest BCUT2D eigenvalue weighted by atomic mass is 10.1. The van der Waals surface area contributed by atoms with Crippen LogP contribution in [0, 0.1) is 5.92 Å². The van der Waals surface area contributed by atoms with Gasteiger partial charge < -0.3 is 10.5 Å². The molecule has 4 rings (SSSR count). The molecular formula is C19H20N6O2. The van der Waals surface area contributed by atoms with Gasteiger partial charge in [0.2, 0.25) is 0 Å². The summed E-state index contributed by atoms with van der Waals surface area (Å²) in [5.74, 6) is 2.17. The van der Waals surface area contributed by atoms with E-state index in [0.717, 1.165) is 28.9 Å². The van der Waals surface area contributed by atoms with Gasteiger partial charge in [0.1, 0.15) is 11.3 Å². The molecule has 0 bridgehead atoms. The van der Waals surface area contributed by atoms with E-state index < -0.39 is 0 Å². The molecule has 27 heavy (non-hydrogen) atoms. The summed E-state index contributed by atoms with van der Waals surface area (Å²) in [6, 6.07) is 9.72. The van der Waals surface area contributed by atoms with Crippen molar-refractivity contribution in [1.29, 1.82) is 0 Å². The van der Waals surface area contributed by atoms with Gasteiger partial charge in [-0.2, -0.15) is 0 Å². The Morgan fingerprint density at radius 3 is 2.67 bits per heavy atom. The highest BCUT2D eigenvalue weighted by atomic mass is 16.6. The smallest absolute Gasteiger partial charge is 0.199 e. The van der Waals surface area contributed by atoms with Crippen LogP contribution in [0.3, 0.4) is 0 Å². The molecule has 0 aliphatic heterocycles. The van der Waals surface area contributed by atoms with E-state index in [2.05, 4.69) is 34.1 Å². The minimum Gasteiger partial charge on any atom is -0.494 e. The quantitative estimate of drug-likeness (QED) is 0.558. The molecule has 0 aliphatic rings. The summed E-state index contributed by atoms with van der Waals surface area (Å²) in [6.07, 6.45) is 4.43. The van der Waals surface area contributed by atoms with Crippen LogP contribution in [0.15, 0.2) is 47.4 Å². The normalized spacial score (nSPS) is 11.4. The van der Waals surface area contributed by atoms with Crippen LogP contribution in [0.4, 0.5) is 5.82 Å². The van der Waals surface area contributed by atoms with E-state index >= 15 is 0 Å². The minimum absolute atomic E-state index is 0.188. The van der Waals surface area contributed by atoms with Gasteiger partial charge in [0.15, 0.2) is 17.3 Å². The first-order valence-corrected chi connectivity index (χ1v) is 8.77. The van der Waals surface area contributed by atoms with Gasteiger partial charge in [0, 0.05) is 11.9 Å². The fraction of sp³-hybridized carbons (Fsp3) is 0.263. The molecule has 4 aromatic rings. The summed E-state index contributed by atoms with van der Waals surface area (Å²) < 4.78 is 12.5. The molecular weight excluding hydrogens is 344 g/mol. The zero-order valence-electron chi connectivity index (χ0n) is 15.2. The molecule has 8 heteroatoms. The number of nitrogen functional groups attached to an aromatic ring is 1. The number of anilines is 1. The zero-order chi connectivity index (χ0) is 18.8. The van der Waals surface area contributed by atoms with Gasteiger partial charge in [-0.15, -0.1) is 0 Å². The Balaban J connectivity index is 1.74. The molecule has 8 nitrogen and oxygen atoms in total. The van der Waals surface area contributed by atoms with Crippen molar-refractivity contribution in [1.82, 2.24) is 24.8 Å². The summed E-state index contributed by atoms with van der Waals surface area (Å²) in [7, 11) is 0. The van der Waals surface area contributed by atoms with Crippen LogP contribution in [0.5, 0.6) is 5.75 Å². The Bertz CT molecular complexity index is 1050. The van der Waals surface area contributed by atoms with Crippen LogP contribution in [0.1, 0.15) is 20.3 Å². The highest BCUT2D eigenvalue weighted by molar-refractivity contribution is 5.83. The van der Waals surface area contributed by atoms with Crippen molar-refractivity contribution in [2.45, 2.75) is 20.3 Å². The Hall–Kier alpha value is -3.42. The Labute approximate surface area is 156 Å². The maximum absolute atomic E-state index is 5.89. The van der Waals surface area contributed by atoms with E-state index in [4.69, 9.17) is 15.1 Å². The standard InChI is InChI=1S/C19H20N6O2/c1-12(2)8-10-26-14-5-3-13(4-6-14)25-16-7-9-21-11-15(16)22-19(25)17-18(20)24-27-23-17/h3-7,9,11-12H,8,10H2,1-2H3,(H2,20,24). The number of nitrogens with zero attached hydrogens (tertiary/aromatic N) is 5. The fourth-order valence-corrected chi connectivity index (χ4v) is 2.81. The number of aromatic nitrogens is 5. The Morgan fingerprint density at radius 2 is 1.96 bits per heavy atom. The largest absolute Gasteiger partial charge is 0.494 e. The summed E-state index contributed by atoms with van der Waals surface area (Å²) in [5, 5.41) is 7.57. The van der Waals surface area contributed by atoms with E-state index in [1.54, 1.807) is 12.4 Å². The molecule has 0 unspecified atom stereocenters. The van der Waals surface area contributed by atoms with Crippen LogP contribution in [-0.2, 0) is 0 Å². The van der Waals surface area contributed by atoms with Crippen molar-refractivity contribution >= 4 is 16.9 Å². The number of imidazole rings is 1. The van der Waals surface area contributed by atoms with E-state index in [0.29, 0.717) is 24.0 Å². The third kappa shape index (κ3) is 3.33. The van der Waals surface area contributed by atoms with Gasteiger partial charge in [0.05, 0.1) is 18.3 Å². The Kier molecular flexibility index (Phi) is 4.45. The number of rotatable bonds is 6. The lowest BCUT2D eigenvalue weighted by Gasteiger charge is -2.11. The second-order valence-electron chi connectivity index (χ2n) is 6.66. The average Bonchev–Trinajstić information content (AvgIpc) is 3.25. The third-order valence-corrected chi connectivity index (χ3v) is 4.24. The molecule has 2 N–H and O–H groups in total. The second kappa shape index (κ2) is 7.06. The summed E-state index contributed by atoms with van der Waals surface area (Å²) in [5.41, 5.74) is 8.79. The van der Waals surface area contributed by atoms with Crippen LogP contribution < -0.4 is 10.5 Å². The number of benzene rings is 1. The van der Waals surface area contributed by atoms with Crippen LogP contribution in [-0.4, -0.2) is 31.5 Å². The number of hydrogen-bond acceptors (Lipinski definition) is 7. The number of fused-ring (bicyclic) bond motifs is 1. The number of hydrogen-bond donors (Lipinski definition) is 1. The molecule has 3 aromatic heterocycles. The van der Waals surface area contributed by atoms with E-state index in [1.807, 2.05) is 34.9 Å². The monoisotopic (exact) mass is 364 g/mol. The van der Waals surface area contributed by atoms with Gasteiger partial charge >= 0.3 is 0 Å². The minimum atomic E-state index is 0.188. The summed E-state index contributed by atoms with van der Waals surface area (Å²) >= 11 is 0. The maximum atomic E-state index is 5.89. The Morgan fingerprint density at radius 1 is 1.15 bits per heavy atom. The molecule has 0 atom stereocenters. The predicted octanol–water partition coefficient (Wildman–Crippen LogP) is 3.48. The predicted molar refractivity (Wildman–Crippen MR) is 102 cm³/mol. The van der Waals surface area contributed by atoms with Gasteiger partial charge in [-0.3, -0.25) is 9.55 Å². The number of ether oxygens (including phenoxy) is 1. The first-order chi connectivity index (χ1) is 13.1. The highest BCUT2D eigenvalue weighted by Crippen LogP contribution is 2.30. The fourth-order valence-electron chi connectivity index (χ4n) is 2.81. The molecule has 0 fully saturated rings. The molecule has 0 aliphatic carbocycles. The molecule has 0 radical (unpaired) electrons. The number of nitrogens with two attached hydrogens (primary N) is 1. The second-order valence-corrected chi connectivity index (χ2v) is 6.66. The SMILES string of the molecule is CC(C)CCOc1ccc(-n2c(-c3nonc3N)nc3cnccc32)cc1. The molecule has 1 aromatic carbocycles. The van der Waals surface area contributed by atoms with Crippen molar-refractivity contribution in [3.8, 4) is 23.0 Å². The van der Waals surface area contributed by atoms with Gasteiger partial charge in [-0.1, -0.05) is 13.8 Å². The summed E-state index contributed by atoms with van der Waals surface area (Å²) in [6.45, 7) is 5.05. The van der Waals surface area contributed by atoms with Crippen molar-refractivity contribution in [2.24, 2.45) is 5.92 Å². The van der Waals surface area contributed by atoms with Crippen molar-refractivity contribution in [3.63, 3.8) is 0 Å². The molecule has 0 saturated carbocycles. The van der Waals surface area contributed by atoms with Crippen molar-refractivity contribution in [3.05, 3.63) is 42.7 Å². The van der Waals surface area contributed by atoms with Crippen molar-refractivity contribution in [2.75, 3.05) is 12.3 Å². The van der Waals surface area contributed by atoms with Crippen LogP contribution in [0.25, 0.3) is 28.2 Å². The zero-order valence-corrected chi connectivity index (χ0v) is 15.2. The third-order valence-electron chi connectivity index (χ3n) is 4.24. The topological polar surface area (TPSA) is 105 Å². The first-order valence-electron chi connectivity index (χ1n) is 8.77. The highest BCUT2D eigenvalue weighted by Gasteiger charge is 2.20. The average molecular weight is 364 g/mol. The van der Waals surface area contributed by atoms with E-state index in [-0.39, 0.29) is 5.82 Å². The molecule has 138 valence electrons. The molecule has 0 spiro atoms.